The third-order valence-corrected chi connectivity index (χ3v) is 3.89. The maximum absolute atomic E-state index is 13.8. The lowest BCUT2D eigenvalue weighted by Crippen LogP contribution is -2.36. The predicted molar refractivity (Wildman–Crippen MR) is 84.3 cm³/mol. The van der Waals surface area contributed by atoms with Crippen molar-refractivity contribution in [1.82, 2.24) is 0 Å². The summed E-state index contributed by atoms with van der Waals surface area (Å²) in [6.45, 7) is 2.24. The van der Waals surface area contributed by atoms with Gasteiger partial charge >= 0.3 is 0 Å². The van der Waals surface area contributed by atoms with Crippen molar-refractivity contribution < 1.29 is 4.39 Å². The molecule has 5 heteroatoms. The summed E-state index contributed by atoms with van der Waals surface area (Å²) in [6, 6.07) is 12.5. The van der Waals surface area contributed by atoms with E-state index in [1.54, 1.807) is 25.1 Å². The number of guanidine groups is 1. The van der Waals surface area contributed by atoms with Crippen molar-refractivity contribution in [1.29, 1.82) is 0 Å². The van der Waals surface area contributed by atoms with E-state index in [0.29, 0.717) is 23.1 Å². The van der Waals surface area contributed by atoms with Gasteiger partial charge in [-0.05, 0) is 42.3 Å². The number of halogens is 2. The molecule has 2 aromatic carbocycles. The van der Waals surface area contributed by atoms with Crippen LogP contribution in [0.1, 0.15) is 17.2 Å². The molecule has 0 aromatic heterocycles. The van der Waals surface area contributed by atoms with Crippen LogP contribution in [0.4, 0.5) is 10.1 Å². The number of nitrogens with two attached hydrogens (primary N) is 1. The summed E-state index contributed by atoms with van der Waals surface area (Å²) in [5.74, 6) is 0.201. The Morgan fingerprint density at radius 1 is 1.29 bits per heavy atom. The fourth-order valence-electron chi connectivity index (χ4n) is 2.51. The Kier molecular flexibility index (Phi) is 3.55. The summed E-state index contributed by atoms with van der Waals surface area (Å²) in [7, 11) is 0. The highest BCUT2D eigenvalue weighted by atomic mass is 35.5. The third-order valence-electron chi connectivity index (χ3n) is 3.65. The number of rotatable bonds is 2. The number of nitrogens with zero attached hydrogens (tertiary/aromatic N) is 2. The summed E-state index contributed by atoms with van der Waals surface area (Å²) in [6.07, 6.45) is 0. The summed E-state index contributed by atoms with van der Waals surface area (Å²) in [5.41, 5.74) is 8.32. The minimum absolute atomic E-state index is 0.112. The van der Waals surface area contributed by atoms with Crippen molar-refractivity contribution in [2.75, 3.05) is 11.4 Å². The SMILES string of the molecule is Cc1ccc(C2CN=C(N)N2c2cccc(Cl)c2)cc1F. The largest absolute Gasteiger partial charge is 0.369 e. The van der Waals surface area contributed by atoms with Crippen molar-refractivity contribution in [3.63, 3.8) is 0 Å². The van der Waals surface area contributed by atoms with Gasteiger partial charge in [0.05, 0.1) is 12.6 Å². The molecule has 0 saturated carbocycles. The number of hydrogen-bond acceptors (Lipinski definition) is 3. The van der Waals surface area contributed by atoms with Crippen LogP contribution in [-0.2, 0) is 0 Å². The van der Waals surface area contributed by atoms with E-state index >= 15 is 0 Å². The number of anilines is 1. The second-order valence-corrected chi connectivity index (χ2v) is 5.51. The van der Waals surface area contributed by atoms with Gasteiger partial charge in [0, 0.05) is 10.7 Å². The van der Waals surface area contributed by atoms with E-state index in [2.05, 4.69) is 4.99 Å². The molecule has 0 saturated heterocycles. The average molecular weight is 304 g/mol. The first-order chi connectivity index (χ1) is 10.1. The van der Waals surface area contributed by atoms with Gasteiger partial charge in [-0.3, -0.25) is 4.99 Å². The van der Waals surface area contributed by atoms with E-state index in [0.717, 1.165) is 11.3 Å². The van der Waals surface area contributed by atoms with Crippen LogP contribution < -0.4 is 10.6 Å². The lowest BCUT2D eigenvalue weighted by molar-refractivity contribution is 0.612. The van der Waals surface area contributed by atoms with Gasteiger partial charge < -0.3 is 10.6 Å². The van der Waals surface area contributed by atoms with E-state index < -0.39 is 0 Å². The smallest absolute Gasteiger partial charge is 0.196 e. The molecule has 0 fully saturated rings. The van der Waals surface area contributed by atoms with Crippen LogP contribution in [0.2, 0.25) is 5.02 Å². The molecular weight excluding hydrogens is 289 g/mol. The Balaban J connectivity index is 2.00. The highest BCUT2D eigenvalue weighted by Crippen LogP contribution is 2.32. The average Bonchev–Trinajstić information content (AvgIpc) is 2.84. The molecule has 0 bridgehead atoms. The van der Waals surface area contributed by atoms with Crippen LogP contribution in [0.15, 0.2) is 47.5 Å². The molecule has 2 aromatic rings. The summed E-state index contributed by atoms with van der Waals surface area (Å²) < 4.78 is 13.8. The lowest BCUT2D eigenvalue weighted by Gasteiger charge is -2.27. The molecule has 0 spiro atoms. The first kappa shape index (κ1) is 13.9. The first-order valence-electron chi connectivity index (χ1n) is 6.67. The topological polar surface area (TPSA) is 41.6 Å². The van der Waals surface area contributed by atoms with E-state index in [9.17, 15) is 4.39 Å². The molecule has 21 heavy (non-hydrogen) atoms. The molecule has 3 nitrogen and oxygen atoms in total. The summed E-state index contributed by atoms with van der Waals surface area (Å²) >= 11 is 6.04. The number of aryl methyl sites for hydroxylation is 1. The van der Waals surface area contributed by atoms with Gasteiger partial charge in [0.2, 0.25) is 0 Å². The molecule has 0 aliphatic carbocycles. The van der Waals surface area contributed by atoms with E-state index in [1.165, 1.54) is 0 Å². The highest BCUT2D eigenvalue weighted by molar-refractivity contribution is 6.30. The molecule has 3 rings (SSSR count). The maximum Gasteiger partial charge on any atom is 0.196 e. The fourth-order valence-corrected chi connectivity index (χ4v) is 2.69. The molecule has 1 atom stereocenters. The second-order valence-electron chi connectivity index (χ2n) is 5.07. The normalized spacial score (nSPS) is 18.0. The molecule has 1 unspecified atom stereocenters. The quantitative estimate of drug-likeness (QED) is 0.920. The van der Waals surface area contributed by atoms with Crippen LogP contribution >= 0.6 is 11.6 Å². The zero-order chi connectivity index (χ0) is 15.0. The van der Waals surface area contributed by atoms with Crippen molar-refractivity contribution in [3.05, 3.63) is 64.4 Å². The van der Waals surface area contributed by atoms with Crippen LogP contribution in [0.3, 0.4) is 0 Å². The Morgan fingerprint density at radius 3 is 2.81 bits per heavy atom. The Labute approximate surface area is 127 Å². The zero-order valence-corrected chi connectivity index (χ0v) is 12.3. The Hall–Kier alpha value is -2.07. The monoisotopic (exact) mass is 303 g/mol. The molecule has 1 heterocycles. The van der Waals surface area contributed by atoms with Crippen molar-refractivity contribution in [2.24, 2.45) is 10.7 Å². The van der Waals surface area contributed by atoms with Gasteiger partial charge in [0.15, 0.2) is 5.96 Å². The molecule has 0 radical (unpaired) electrons. The van der Waals surface area contributed by atoms with E-state index in [1.807, 2.05) is 29.2 Å². The van der Waals surface area contributed by atoms with Gasteiger partial charge in [-0.25, -0.2) is 4.39 Å². The number of aliphatic imine (C=N–C) groups is 1. The fraction of sp³-hybridized carbons (Fsp3) is 0.188. The first-order valence-corrected chi connectivity index (χ1v) is 7.05. The number of benzene rings is 2. The molecular formula is C16H15ClFN3. The van der Waals surface area contributed by atoms with E-state index in [-0.39, 0.29) is 11.9 Å². The van der Waals surface area contributed by atoms with Crippen LogP contribution in [0.25, 0.3) is 0 Å². The Bertz CT molecular complexity index is 714. The maximum atomic E-state index is 13.8. The molecule has 1 aliphatic rings. The van der Waals surface area contributed by atoms with Crippen LogP contribution in [0.5, 0.6) is 0 Å². The summed E-state index contributed by atoms with van der Waals surface area (Å²) in [5, 5.41) is 0.626. The van der Waals surface area contributed by atoms with Crippen LogP contribution in [0, 0.1) is 12.7 Å². The minimum atomic E-state index is -0.219. The van der Waals surface area contributed by atoms with Gasteiger partial charge in [0.25, 0.3) is 0 Å². The highest BCUT2D eigenvalue weighted by Gasteiger charge is 2.29. The predicted octanol–water partition coefficient (Wildman–Crippen LogP) is 3.66. The van der Waals surface area contributed by atoms with Crippen molar-refractivity contribution in [2.45, 2.75) is 13.0 Å². The van der Waals surface area contributed by atoms with Gasteiger partial charge in [-0.1, -0.05) is 29.8 Å². The molecule has 108 valence electrons. The van der Waals surface area contributed by atoms with Gasteiger partial charge in [0.1, 0.15) is 5.82 Å². The van der Waals surface area contributed by atoms with Gasteiger partial charge in [-0.2, -0.15) is 0 Å². The number of hydrogen-bond donors (Lipinski definition) is 1. The van der Waals surface area contributed by atoms with Crippen molar-refractivity contribution >= 4 is 23.2 Å². The minimum Gasteiger partial charge on any atom is -0.369 e. The molecule has 1 aliphatic heterocycles. The second kappa shape index (κ2) is 5.37. The molecule has 0 amide bonds. The standard InChI is InChI=1S/C16H15ClFN3/c1-10-5-6-11(7-14(10)18)15-9-20-16(19)21(15)13-4-2-3-12(17)8-13/h2-8,15H,9H2,1H3,(H2,19,20). The Morgan fingerprint density at radius 2 is 2.10 bits per heavy atom. The van der Waals surface area contributed by atoms with E-state index in [4.69, 9.17) is 17.3 Å². The van der Waals surface area contributed by atoms with Crippen molar-refractivity contribution in [3.8, 4) is 0 Å². The zero-order valence-electron chi connectivity index (χ0n) is 11.6. The molecule has 2 N–H and O–H groups in total. The summed E-state index contributed by atoms with van der Waals surface area (Å²) in [4.78, 5) is 6.17. The lowest BCUT2D eigenvalue weighted by atomic mass is 10.0. The van der Waals surface area contributed by atoms with Crippen LogP contribution in [-0.4, -0.2) is 12.5 Å². The third kappa shape index (κ3) is 2.59. The van der Waals surface area contributed by atoms with Gasteiger partial charge in [-0.15, -0.1) is 0 Å².